The molecule has 1 N–H and O–H groups in total. The molecule has 0 saturated carbocycles. The van der Waals surface area contributed by atoms with E-state index in [1.165, 1.54) is 0 Å². The van der Waals surface area contributed by atoms with E-state index in [0.717, 1.165) is 31.9 Å². The van der Waals surface area contributed by atoms with Gasteiger partial charge >= 0.3 is 6.18 Å². The summed E-state index contributed by atoms with van der Waals surface area (Å²) in [6, 6.07) is 0.848. The number of likely N-dealkylation sites (N-methyl/N-ethyl adjacent to an activating group) is 1. The average molecular weight is 290 g/mol. The van der Waals surface area contributed by atoms with Crippen LogP contribution in [0.15, 0.2) is 12.3 Å². The molecule has 1 atom stereocenters. The summed E-state index contributed by atoms with van der Waals surface area (Å²) >= 11 is 0. The summed E-state index contributed by atoms with van der Waals surface area (Å²) in [5, 5.41) is 2.80. The fraction of sp³-hybridized carbons (Fsp3) is 0.667. The van der Waals surface area contributed by atoms with Crippen LogP contribution in [0.3, 0.4) is 0 Å². The molecule has 0 amide bonds. The maximum absolute atomic E-state index is 12.5. The Morgan fingerprint density at radius 1 is 1.50 bits per heavy atom. The van der Waals surface area contributed by atoms with E-state index in [4.69, 9.17) is 4.74 Å². The molecule has 1 aliphatic heterocycles. The monoisotopic (exact) mass is 290 g/mol. The second-order valence-electron chi connectivity index (χ2n) is 4.53. The molecule has 5 nitrogen and oxygen atoms in total. The highest BCUT2D eigenvalue weighted by Gasteiger charge is 2.32. The lowest BCUT2D eigenvalue weighted by atomic mass is 10.2. The van der Waals surface area contributed by atoms with Crippen molar-refractivity contribution in [2.75, 3.05) is 38.1 Å². The average Bonchev–Trinajstić information content (AvgIpc) is 2.45. The first-order valence-electron chi connectivity index (χ1n) is 6.47. The molecule has 0 aromatic carbocycles. The van der Waals surface area contributed by atoms with E-state index in [0.29, 0.717) is 13.2 Å². The maximum Gasteiger partial charge on any atom is 0.433 e. The second-order valence-corrected chi connectivity index (χ2v) is 4.53. The quantitative estimate of drug-likeness (QED) is 0.913. The van der Waals surface area contributed by atoms with Gasteiger partial charge in [0, 0.05) is 25.8 Å². The van der Waals surface area contributed by atoms with E-state index < -0.39 is 11.9 Å². The zero-order valence-electron chi connectivity index (χ0n) is 11.2. The molecule has 1 aliphatic rings. The lowest BCUT2D eigenvalue weighted by Crippen LogP contribution is -2.45. The number of nitrogens with one attached hydrogen (secondary N) is 1. The van der Waals surface area contributed by atoms with Crippen LogP contribution in [0.2, 0.25) is 0 Å². The number of halogens is 3. The van der Waals surface area contributed by atoms with Crippen molar-refractivity contribution >= 4 is 5.95 Å². The van der Waals surface area contributed by atoms with Crippen LogP contribution >= 0.6 is 0 Å². The fourth-order valence-corrected chi connectivity index (χ4v) is 2.00. The zero-order chi connectivity index (χ0) is 14.6. The number of morpholine rings is 1. The van der Waals surface area contributed by atoms with Crippen LogP contribution in [0.4, 0.5) is 19.1 Å². The van der Waals surface area contributed by atoms with Crippen LogP contribution in [0.25, 0.3) is 0 Å². The zero-order valence-corrected chi connectivity index (χ0v) is 11.2. The Labute approximate surface area is 115 Å². The molecule has 1 aromatic heterocycles. The van der Waals surface area contributed by atoms with Gasteiger partial charge in [-0.1, -0.05) is 6.92 Å². The third-order valence-electron chi connectivity index (χ3n) is 3.10. The first-order chi connectivity index (χ1) is 9.49. The van der Waals surface area contributed by atoms with Gasteiger partial charge < -0.3 is 10.1 Å². The van der Waals surface area contributed by atoms with Crippen LogP contribution in [0.5, 0.6) is 0 Å². The molecule has 8 heteroatoms. The van der Waals surface area contributed by atoms with Crippen LogP contribution in [0.1, 0.15) is 12.6 Å². The van der Waals surface area contributed by atoms with Gasteiger partial charge in [-0.3, -0.25) is 4.90 Å². The number of nitrogens with zero attached hydrogens (tertiary/aromatic N) is 3. The largest absolute Gasteiger partial charge is 0.433 e. The minimum Gasteiger partial charge on any atom is -0.374 e. The highest BCUT2D eigenvalue weighted by Crippen LogP contribution is 2.27. The van der Waals surface area contributed by atoms with Gasteiger partial charge in [0.2, 0.25) is 5.95 Å². The first kappa shape index (κ1) is 15.0. The summed E-state index contributed by atoms with van der Waals surface area (Å²) in [5.41, 5.74) is -0.949. The predicted octanol–water partition coefficient (Wildman–Crippen LogP) is 1.63. The Bertz CT molecular complexity index is 441. The number of ether oxygens (including phenoxy) is 1. The predicted molar refractivity (Wildman–Crippen MR) is 67.4 cm³/mol. The SMILES string of the molecule is CCN1CCOC(CNc2nccc(C(F)(F)F)n2)C1. The lowest BCUT2D eigenvalue weighted by molar-refractivity contribution is -0.141. The van der Waals surface area contributed by atoms with Crippen molar-refractivity contribution in [3.63, 3.8) is 0 Å². The van der Waals surface area contributed by atoms with Gasteiger partial charge in [0.15, 0.2) is 0 Å². The highest BCUT2D eigenvalue weighted by molar-refractivity contribution is 5.26. The first-order valence-corrected chi connectivity index (χ1v) is 6.47. The third-order valence-corrected chi connectivity index (χ3v) is 3.10. The summed E-state index contributed by atoms with van der Waals surface area (Å²) < 4.78 is 43.1. The molecule has 20 heavy (non-hydrogen) atoms. The Morgan fingerprint density at radius 3 is 3.00 bits per heavy atom. The number of anilines is 1. The number of hydrogen-bond donors (Lipinski definition) is 1. The van der Waals surface area contributed by atoms with Crippen LogP contribution in [0, 0.1) is 0 Å². The molecule has 1 aromatic rings. The van der Waals surface area contributed by atoms with Gasteiger partial charge in [0.05, 0.1) is 12.7 Å². The number of aromatic nitrogens is 2. The topological polar surface area (TPSA) is 50.3 Å². The van der Waals surface area contributed by atoms with Crippen molar-refractivity contribution < 1.29 is 17.9 Å². The Kier molecular flexibility index (Phi) is 4.77. The second kappa shape index (κ2) is 6.36. The molecule has 1 saturated heterocycles. The molecular weight excluding hydrogens is 273 g/mol. The summed E-state index contributed by atoms with van der Waals surface area (Å²) in [6.45, 7) is 5.64. The standard InChI is InChI=1S/C12H17F3N4O/c1-2-19-5-6-20-9(8-19)7-17-11-16-4-3-10(18-11)12(13,14)15/h3-4,9H,2,5-8H2,1H3,(H,16,17,18). The van der Waals surface area contributed by atoms with E-state index in [1.807, 2.05) is 0 Å². The van der Waals surface area contributed by atoms with Gasteiger partial charge in [0.25, 0.3) is 0 Å². The molecule has 0 spiro atoms. The molecular formula is C12H17F3N4O. The molecule has 112 valence electrons. The molecule has 1 unspecified atom stereocenters. The van der Waals surface area contributed by atoms with Gasteiger partial charge in [0.1, 0.15) is 5.69 Å². The normalized spacial score (nSPS) is 20.9. The van der Waals surface area contributed by atoms with E-state index in [1.54, 1.807) is 0 Å². The number of rotatable bonds is 4. The van der Waals surface area contributed by atoms with Crippen molar-refractivity contribution in [3.8, 4) is 0 Å². The Morgan fingerprint density at radius 2 is 2.30 bits per heavy atom. The molecule has 0 aliphatic carbocycles. The summed E-state index contributed by atoms with van der Waals surface area (Å²) in [7, 11) is 0. The van der Waals surface area contributed by atoms with Crippen LogP contribution in [-0.4, -0.2) is 53.8 Å². The molecule has 0 bridgehead atoms. The number of hydrogen-bond acceptors (Lipinski definition) is 5. The maximum atomic E-state index is 12.5. The molecule has 2 heterocycles. The summed E-state index contributed by atoms with van der Waals surface area (Å²) in [6.07, 6.45) is -3.43. The van der Waals surface area contributed by atoms with Crippen LogP contribution in [-0.2, 0) is 10.9 Å². The van der Waals surface area contributed by atoms with Gasteiger partial charge in [-0.15, -0.1) is 0 Å². The van der Waals surface area contributed by atoms with Crippen molar-refractivity contribution in [1.29, 1.82) is 0 Å². The minimum atomic E-state index is -4.46. The lowest BCUT2D eigenvalue weighted by Gasteiger charge is -2.32. The summed E-state index contributed by atoms with van der Waals surface area (Å²) in [5.74, 6) is -0.0305. The molecule has 2 rings (SSSR count). The van der Waals surface area contributed by atoms with E-state index in [-0.39, 0.29) is 12.1 Å². The van der Waals surface area contributed by atoms with Crippen LogP contribution < -0.4 is 5.32 Å². The van der Waals surface area contributed by atoms with E-state index in [9.17, 15) is 13.2 Å². The summed E-state index contributed by atoms with van der Waals surface area (Å²) in [4.78, 5) is 9.46. The third kappa shape index (κ3) is 4.04. The van der Waals surface area contributed by atoms with Gasteiger partial charge in [-0.05, 0) is 12.6 Å². The molecule has 1 fully saturated rings. The Hall–Kier alpha value is -1.41. The van der Waals surface area contributed by atoms with Gasteiger partial charge in [-0.2, -0.15) is 13.2 Å². The van der Waals surface area contributed by atoms with E-state index >= 15 is 0 Å². The van der Waals surface area contributed by atoms with Crippen molar-refractivity contribution in [3.05, 3.63) is 18.0 Å². The smallest absolute Gasteiger partial charge is 0.374 e. The van der Waals surface area contributed by atoms with Crippen molar-refractivity contribution in [2.45, 2.75) is 19.2 Å². The molecule has 0 radical (unpaired) electrons. The van der Waals surface area contributed by atoms with Crippen molar-refractivity contribution in [2.24, 2.45) is 0 Å². The highest BCUT2D eigenvalue weighted by atomic mass is 19.4. The fourth-order valence-electron chi connectivity index (χ4n) is 2.00. The number of alkyl halides is 3. The Balaban J connectivity index is 1.91. The van der Waals surface area contributed by atoms with E-state index in [2.05, 4.69) is 27.1 Å². The van der Waals surface area contributed by atoms with Gasteiger partial charge in [-0.25, -0.2) is 9.97 Å². The minimum absolute atomic E-state index is 0.0305. The van der Waals surface area contributed by atoms with Crippen molar-refractivity contribution in [1.82, 2.24) is 14.9 Å².